The zero-order chi connectivity index (χ0) is 23.0. The van der Waals surface area contributed by atoms with Crippen LogP contribution < -0.4 is 14.4 Å². The van der Waals surface area contributed by atoms with Crippen molar-refractivity contribution in [2.75, 3.05) is 19.1 Å². The Hall–Kier alpha value is -3.42. The van der Waals surface area contributed by atoms with Crippen LogP contribution in [0.5, 0.6) is 11.5 Å². The van der Waals surface area contributed by atoms with Crippen molar-refractivity contribution in [2.24, 2.45) is 0 Å². The number of aliphatic hydroxyl groups excluding tert-OH is 1. The van der Waals surface area contributed by atoms with Crippen LogP contribution >= 0.6 is 23.2 Å². The molecule has 0 radical (unpaired) electrons. The van der Waals surface area contributed by atoms with Crippen LogP contribution in [-0.4, -0.2) is 31.0 Å². The number of para-hydroxylation sites is 2. The van der Waals surface area contributed by atoms with Crippen molar-refractivity contribution >= 4 is 46.3 Å². The van der Waals surface area contributed by atoms with Crippen LogP contribution in [0.4, 0.5) is 5.69 Å². The number of aliphatic hydroxyl groups is 1. The summed E-state index contributed by atoms with van der Waals surface area (Å²) in [5.41, 5.74) is 0.209. The molecule has 1 amide bonds. The van der Waals surface area contributed by atoms with Crippen molar-refractivity contribution in [1.29, 1.82) is 0 Å². The van der Waals surface area contributed by atoms with Gasteiger partial charge in [-0.05, 0) is 36.4 Å². The lowest BCUT2D eigenvalue weighted by Gasteiger charge is -2.25. The highest BCUT2D eigenvalue weighted by molar-refractivity contribution is 6.52. The fourth-order valence-electron chi connectivity index (χ4n) is 3.71. The van der Waals surface area contributed by atoms with Gasteiger partial charge in [-0.15, -0.1) is 0 Å². The molecule has 1 N–H and O–H groups in total. The number of furan rings is 1. The molecule has 0 spiro atoms. The fourth-order valence-corrected chi connectivity index (χ4v) is 4.29. The Morgan fingerprint density at radius 1 is 1.06 bits per heavy atom. The van der Waals surface area contributed by atoms with Crippen molar-refractivity contribution in [3.8, 4) is 11.5 Å². The summed E-state index contributed by atoms with van der Waals surface area (Å²) in [6.07, 6.45) is 1.41. The summed E-state index contributed by atoms with van der Waals surface area (Å²) in [6.45, 7) is 0. The summed E-state index contributed by atoms with van der Waals surface area (Å²) < 4.78 is 16.2. The Bertz CT molecular complexity index is 1240. The number of anilines is 1. The molecule has 0 bridgehead atoms. The normalized spacial score (nSPS) is 17.6. The number of hydrogen-bond acceptors (Lipinski definition) is 6. The summed E-state index contributed by atoms with van der Waals surface area (Å²) in [6, 6.07) is 11.7. The predicted molar refractivity (Wildman–Crippen MR) is 119 cm³/mol. The van der Waals surface area contributed by atoms with Gasteiger partial charge in [0.25, 0.3) is 11.7 Å². The zero-order valence-electron chi connectivity index (χ0n) is 17.0. The van der Waals surface area contributed by atoms with Crippen LogP contribution in [0, 0.1) is 0 Å². The second kappa shape index (κ2) is 8.61. The average molecular weight is 474 g/mol. The zero-order valence-corrected chi connectivity index (χ0v) is 18.5. The highest BCUT2D eigenvalue weighted by Crippen LogP contribution is 2.46. The number of carbonyl (C=O) groups excluding carboxylic acids is 2. The van der Waals surface area contributed by atoms with E-state index >= 15 is 0 Å². The van der Waals surface area contributed by atoms with Gasteiger partial charge in [-0.1, -0.05) is 35.3 Å². The second-order valence-corrected chi connectivity index (χ2v) is 7.67. The van der Waals surface area contributed by atoms with Crippen LogP contribution in [0.25, 0.3) is 5.76 Å². The Labute approximate surface area is 193 Å². The van der Waals surface area contributed by atoms with Crippen LogP contribution in [0.2, 0.25) is 10.0 Å². The highest BCUT2D eigenvalue weighted by atomic mass is 35.5. The summed E-state index contributed by atoms with van der Waals surface area (Å²) in [4.78, 5) is 27.6. The standard InChI is InChI=1S/C23H17Cl2NO6/c1-30-16-7-4-3-6-15(16)26-19(17-8-5-9-32-17)18(21(28)23(26)29)20(27)13-10-12(24)11-14(25)22(13)31-2/h3-11,19,27H,1-2H3/b20-18-. The number of amides is 1. The third-order valence-corrected chi connectivity index (χ3v) is 5.57. The minimum Gasteiger partial charge on any atom is -0.507 e. The Morgan fingerprint density at radius 3 is 2.47 bits per heavy atom. The number of carbonyl (C=O) groups is 2. The van der Waals surface area contributed by atoms with Crippen LogP contribution in [0.15, 0.2) is 64.8 Å². The summed E-state index contributed by atoms with van der Waals surface area (Å²) in [5, 5.41) is 11.6. The van der Waals surface area contributed by atoms with Gasteiger partial charge in [-0.25, -0.2) is 0 Å². The number of nitrogens with zero attached hydrogens (tertiary/aromatic N) is 1. The maximum atomic E-state index is 13.2. The molecule has 1 saturated heterocycles. The lowest BCUT2D eigenvalue weighted by atomic mass is 9.98. The number of ether oxygens (including phenoxy) is 2. The lowest BCUT2D eigenvalue weighted by molar-refractivity contribution is -0.132. The molecular formula is C23H17Cl2NO6. The Morgan fingerprint density at radius 2 is 1.81 bits per heavy atom. The third-order valence-electron chi connectivity index (χ3n) is 5.07. The number of rotatable bonds is 5. The molecule has 4 rings (SSSR count). The summed E-state index contributed by atoms with van der Waals surface area (Å²) in [5.74, 6) is -1.52. The molecule has 1 aliphatic heterocycles. The second-order valence-electron chi connectivity index (χ2n) is 6.82. The number of benzene rings is 2. The van der Waals surface area contributed by atoms with Gasteiger partial charge in [0.1, 0.15) is 29.1 Å². The van der Waals surface area contributed by atoms with Crippen LogP contribution in [0.3, 0.4) is 0 Å². The minimum atomic E-state index is -1.07. The SMILES string of the molecule is COc1ccccc1N1C(=O)C(=O)/C(=C(\O)c2cc(Cl)cc(Cl)c2OC)C1c1ccco1. The molecule has 1 aromatic heterocycles. The summed E-state index contributed by atoms with van der Waals surface area (Å²) >= 11 is 12.3. The fraction of sp³-hybridized carbons (Fsp3) is 0.130. The first-order chi connectivity index (χ1) is 15.4. The first-order valence-electron chi connectivity index (χ1n) is 9.39. The molecule has 32 heavy (non-hydrogen) atoms. The monoisotopic (exact) mass is 473 g/mol. The van der Waals surface area contributed by atoms with Gasteiger partial charge in [0.05, 0.1) is 42.3 Å². The lowest BCUT2D eigenvalue weighted by Crippen LogP contribution is -2.29. The molecule has 1 unspecified atom stereocenters. The van der Waals surface area contributed by atoms with E-state index in [1.165, 1.54) is 37.5 Å². The van der Waals surface area contributed by atoms with E-state index in [9.17, 15) is 14.7 Å². The van der Waals surface area contributed by atoms with E-state index in [0.717, 1.165) is 0 Å². The first-order valence-corrected chi connectivity index (χ1v) is 10.2. The molecule has 0 saturated carbocycles. The van der Waals surface area contributed by atoms with E-state index in [4.69, 9.17) is 37.1 Å². The van der Waals surface area contributed by atoms with Crippen molar-refractivity contribution in [3.63, 3.8) is 0 Å². The van der Waals surface area contributed by atoms with Crippen molar-refractivity contribution < 1.29 is 28.6 Å². The third kappa shape index (κ3) is 3.49. The van der Waals surface area contributed by atoms with Gasteiger partial charge in [0, 0.05) is 5.02 Å². The highest BCUT2D eigenvalue weighted by Gasteiger charge is 2.49. The van der Waals surface area contributed by atoms with E-state index in [0.29, 0.717) is 11.4 Å². The quantitative estimate of drug-likeness (QED) is 0.310. The Balaban J connectivity index is 2.00. The van der Waals surface area contributed by atoms with E-state index in [2.05, 4.69) is 0 Å². The molecule has 3 aromatic rings. The van der Waals surface area contributed by atoms with Crippen molar-refractivity contribution in [3.05, 3.63) is 81.7 Å². The van der Waals surface area contributed by atoms with Gasteiger partial charge in [0.15, 0.2) is 0 Å². The largest absolute Gasteiger partial charge is 0.507 e. The van der Waals surface area contributed by atoms with E-state index < -0.39 is 23.5 Å². The maximum Gasteiger partial charge on any atom is 0.300 e. The van der Waals surface area contributed by atoms with E-state index in [-0.39, 0.29) is 32.7 Å². The van der Waals surface area contributed by atoms with Crippen LogP contribution in [-0.2, 0) is 9.59 Å². The molecule has 1 fully saturated rings. The number of hydrogen-bond donors (Lipinski definition) is 1. The van der Waals surface area contributed by atoms with Crippen molar-refractivity contribution in [1.82, 2.24) is 0 Å². The van der Waals surface area contributed by atoms with Gasteiger partial charge >= 0.3 is 0 Å². The smallest absolute Gasteiger partial charge is 0.300 e. The minimum absolute atomic E-state index is 0.0691. The predicted octanol–water partition coefficient (Wildman–Crippen LogP) is 5.23. The molecule has 2 aromatic carbocycles. The number of ketones is 1. The maximum absolute atomic E-state index is 13.2. The molecule has 0 aliphatic carbocycles. The molecule has 9 heteroatoms. The molecule has 2 heterocycles. The van der Waals surface area contributed by atoms with Gasteiger partial charge in [-0.3, -0.25) is 14.5 Å². The van der Waals surface area contributed by atoms with Crippen molar-refractivity contribution in [2.45, 2.75) is 6.04 Å². The Kier molecular flexibility index (Phi) is 5.86. The first kappa shape index (κ1) is 21.8. The van der Waals surface area contributed by atoms with Gasteiger partial charge < -0.3 is 19.0 Å². The van der Waals surface area contributed by atoms with Gasteiger partial charge in [-0.2, -0.15) is 0 Å². The van der Waals surface area contributed by atoms with Crippen LogP contribution in [0.1, 0.15) is 17.4 Å². The number of halogens is 2. The molecule has 1 atom stereocenters. The number of Topliss-reactive ketones (excluding diaryl/α,β-unsaturated/α-hetero) is 1. The number of methoxy groups -OCH3 is 2. The molecule has 1 aliphatic rings. The van der Waals surface area contributed by atoms with E-state index in [1.807, 2.05) is 0 Å². The van der Waals surface area contributed by atoms with E-state index in [1.54, 1.807) is 36.4 Å². The molecular weight excluding hydrogens is 457 g/mol. The molecule has 164 valence electrons. The summed E-state index contributed by atoms with van der Waals surface area (Å²) in [7, 11) is 2.82. The topological polar surface area (TPSA) is 89.2 Å². The van der Waals surface area contributed by atoms with Gasteiger partial charge in [0.2, 0.25) is 0 Å². The average Bonchev–Trinajstić information content (AvgIpc) is 3.40. The molecule has 7 nitrogen and oxygen atoms in total.